The maximum absolute atomic E-state index is 12.7. The van der Waals surface area contributed by atoms with Gasteiger partial charge in [-0.15, -0.1) is 6.58 Å². The van der Waals surface area contributed by atoms with Crippen LogP contribution in [0.4, 0.5) is 0 Å². The van der Waals surface area contributed by atoms with E-state index in [0.717, 1.165) is 0 Å². The Bertz CT molecular complexity index is 1150. The lowest BCUT2D eigenvalue weighted by atomic mass is 10.1. The summed E-state index contributed by atoms with van der Waals surface area (Å²) in [4.78, 5) is 36.9. The largest absolute Gasteiger partial charge is 0.472 e. The predicted octanol–water partition coefficient (Wildman–Crippen LogP) is 2.70. The summed E-state index contributed by atoms with van der Waals surface area (Å²) < 4.78 is 5.32. The minimum atomic E-state index is -1.26. The first-order valence-electron chi connectivity index (χ1n) is 9.78. The second-order valence-electron chi connectivity index (χ2n) is 6.86. The van der Waals surface area contributed by atoms with E-state index in [2.05, 4.69) is 12.5 Å². The molecule has 8 heteroatoms. The topological polar surface area (TPSA) is 134 Å². The van der Waals surface area contributed by atoms with Crippen molar-refractivity contribution in [3.05, 3.63) is 83.4 Å². The zero-order valence-electron chi connectivity index (χ0n) is 18.0. The van der Waals surface area contributed by atoms with Crippen molar-refractivity contribution in [3.8, 4) is 17.6 Å². The molecule has 4 N–H and O–H groups in total. The monoisotopic (exact) mass is 445 g/mol. The van der Waals surface area contributed by atoms with Crippen molar-refractivity contribution in [2.24, 2.45) is 5.73 Å². The van der Waals surface area contributed by atoms with Crippen LogP contribution in [0.3, 0.4) is 0 Å². The lowest BCUT2D eigenvalue weighted by Gasteiger charge is -2.18. The number of ether oxygens (including phenoxy) is 1. The number of amidine groups is 1. The molecular formula is C25H23N3O5. The van der Waals surface area contributed by atoms with E-state index >= 15 is 0 Å². The molecule has 2 aromatic carbocycles. The molecule has 2 aromatic rings. The van der Waals surface area contributed by atoms with Crippen LogP contribution in [0.25, 0.3) is 6.08 Å². The predicted molar refractivity (Wildman–Crippen MR) is 125 cm³/mol. The molecule has 0 atom stereocenters. The molecule has 33 heavy (non-hydrogen) atoms. The third-order valence-electron chi connectivity index (χ3n) is 4.34. The first kappa shape index (κ1) is 24.6. The number of nitrogens with one attached hydrogen (secondary N) is 1. The van der Waals surface area contributed by atoms with Crippen molar-refractivity contribution in [3.63, 3.8) is 0 Å². The molecule has 0 heterocycles. The van der Waals surface area contributed by atoms with E-state index in [-0.39, 0.29) is 24.8 Å². The molecule has 0 saturated heterocycles. The fraction of sp³-hybridized carbons (Fsp3) is 0.120. The van der Waals surface area contributed by atoms with Gasteiger partial charge in [0.05, 0.1) is 12.1 Å². The summed E-state index contributed by atoms with van der Waals surface area (Å²) in [5.74, 6) is 2.53. The van der Waals surface area contributed by atoms with Crippen molar-refractivity contribution in [2.75, 3.05) is 13.1 Å². The van der Waals surface area contributed by atoms with Gasteiger partial charge in [-0.25, -0.2) is 9.59 Å². The number of benzene rings is 2. The maximum Gasteiger partial charge on any atom is 0.381 e. The average Bonchev–Trinajstić information content (AvgIpc) is 2.78. The summed E-state index contributed by atoms with van der Waals surface area (Å²) in [6, 6.07) is 12.8. The van der Waals surface area contributed by atoms with E-state index in [9.17, 15) is 14.4 Å². The molecule has 0 saturated carbocycles. The molecule has 1 amide bonds. The molecule has 168 valence electrons. The maximum atomic E-state index is 12.7. The van der Waals surface area contributed by atoms with Gasteiger partial charge in [-0.3, -0.25) is 10.2 Å². The van der Waals surface area contributed by atoms with Crippen LogP contribution in [-0.4, -0.2) is 46.8 Å². The Morgan fingerprint density at radius 2 is 1.73 bits per heavy atom. The number of rotatable bonds is 8. The minimum Gasteiger partial charge on any atom is -0.472 e. The number of hydrogen-bond donors (Lipinski definition) is 3. The Kier molecular flexibility index (Phi) is 8.71. The third-order valence-corrected chi connectivity index (χ3v) is 4.34. The molecule has 0 aliphatic carbocycles. The second-order valence-corrected chi connectivity index (χ2v) is 6.86. The molecule has 0 spiro atoms. The standard InChI is InChI=1S/C25H23N3O5/c1-3-14-28(15-4-5-22(29)30)24(31)17(2)16-18-6-8-20(9-7-18)25(32)33-21-12-10-19(11-13-21)23(26)27/h3,6-13,16H,1,14-15H2,2H3,(H3,26,27)(H,29,30). The number of carboxylic acids is 1. The van der Waals surface area contributed by atoms with Gasteiger partial charge in [-0.2, -0.15) is 0 Å². The first-order valence-corrected chi connectivity index (χ1v) is 9.78. The molecule has 0 bridgehead atoms. The van der Waals surface area contributed by atoms with Crippen LogP contribution in [0.1, 0.15) is 28.4 Å². The van der Waals surface area contributed by atoms with Crippen molar-refractivity contribution < 1.29 is 24.2 Å². The normalized spacial score (nSPS) is 10.4. The highest BCUT2D eigenvalue weighted by atomic mass is 16.5. The second kappa shape index (κ2) is 11.7. The first-order chi connectivity index (χ1) is 15.7. The molecule has 0 aliphatic heterocycles. The zero-order chi connectivity index (χ0) is 24.4. The number of nitrogen functional groups attached to an aromatic ring is 1. The summed E-state index contributed by atoms with van der Waals surface area (Å²) >= 11 is 0. The smallest absolute Gasteiger partial charge is 0.381 e. The highest BCUT2D eigenvalue weighted by Crippen LogP contribution is 2.16. The number of carboxylic acid groups (broad SMARTS) is 1. The van der Waals surface area contributed by atoms with E-state index in [1.54, 1.807) is 61.5 Å². The van der Waals surface area contributed by atoms with Crippen LogP contribution in [0.5, 0.6) is 5.75 Å². The van der Waals surface area contributed by atoms with E-state index in [0.29, 0.717) is 28.0 Å². The lowest BCUT2D eigenvalue weighted by molar-refractivity contribution is -0.130. The fourth-order valence-corrected chi connectivity index (χ4v) is 2.73. The number of carbonyl (C=O) groups excluding carboxylic acids is 2. The number of aliphatic carboxylic acids is 1. The van der Waals surface area contributed by atoms with Crippen molar-refractivity contribution >= 4 is 29.8 Å². The minimum absolute atomic E-state index is 0.0412. The number of carbonyl (C=O) groups is 3. The molecule has 8 nitrogen and oxygen atoms in total. The number of nitrogens with zero attached hydrogens (tertiary/aromatic N) is 1. The number of nitrogens with two attached hydrogens (primary N) is 1. The van der Waals surface area contributed by atoms with Gasteiger partial charge in [0.1, 0.15) is 11.6 Å². The zero-order valence-corrected chi connectivity index (χ0v) is 18.0. The lowest BCUT2D eigenvalue weighted by Crippen LogP contribution is -2.32. The van der Waals surface area contributed by atoms with Crippen LogP contribution < -0.4 is 10.5 Å². The molecule has 0 radical (unpaired) electrons. The molecule has 0 aliphatic rings. The summed E-state index contributed by atoms with van der Waals surface area (Å²) in [7, 11) is 0. The van der Waals surface area contributed by atoms with Gasteiger partial charge in [0.15, 0.2) is 0 Å². The Labute approximate surface area is 191 Å². The van der Waals surface area contributed by atoms with Gasteiger partial charge < -0.3 is 20.5 Å². The van der Waals surface area contributed by atoms with Gasteiger partial charge in [0.25, 0.3) is 5.91 Å². The van der Waals surface area contributed by atoms with Gasteiger partial charge in [0, 0.05) is 23.6 Å². The average molecular weight is 445 g/mol. The van der Waals surface area contributed by atoms with E-state index in [1.165, 1.54) is 11.0 Å². The quantitative estimate of drug-likeness (QED) is 0.109. The Balaban J connectivity index is 2.07. The van der Waals surface area contributed by atoms with Crippen molar-refractivity contribution in [1.29, 1.82) is 5.41 Å². The molecule has 0 fully saturated rings. The third kappa shape index (κ3) is 7.52. The molecular weight excluding hydrogens is 422 g/mol. The van der Waals surface area contributed by atoms with Crippen LogP contribution >= 0.6 is 0 Å². The van der Waals surface area contributed by atoms with Crippen molar-refractivity contribution in [2.45, 2.75) is 6.92 Å². The highest BCUT2D eigenvalue weighted by Gasteiger charge is 2.14. The van der Waals surface area contributed by atoms with Gasteiger partial charge in [-0.1, -0.05) is 24.1 Å². The van der Waals surface area contributed by atoms with Gasteiger partial charge in [-0.05, 0) is 55.0 Å². The van der Waals surface area contributed by atoms with E-state index < -0.39 is 11.9 Å². The SMILES string of the molecule is C=CCN(CC#CC(=O)O)C(=O)C(C)=Cc1ccc(C(=O)Oc2ccc(C(=N)N)cc2)cc1. The highest BCUT2D eigenvalue weighted by molar-refractivity contribution is 5.98. The number of esters is 1. The summed E-state index contributed by atoms with van der Waals surface area (Å²) in [5.41, 5.74) is 7.36. The molecule has 0 aromatic heterocycles. The van der Waals surface area contributed by atoms with Crippen LogP contribution in [-0.2, 0) is 9.59 Å². The number of hydrogen-bond acceptors (Lipinski definition) is 5. The Morgan fingerprint density at radius 1 is 1.12 bits per heavy atom. The van der Waals surface area contributed by atoms with Crippen LogP contribution in [0, 0.1) is 17.3 Å². The molecule has 0 unspecified atom stereocenters. The van der Waals surface area contributed by atoms with Gasteiger partial charge in [0.2, 0.25) is 0 Å². The Hall–Kier alpha value is -4.64. The Morgan fingerprint density at radius 3 is 2.27 bits per heavy atom. The molecule has 2 rings (SSSR count). The van der Waals surface area contributed by atoms with Crippen LogP contribution in [0.15, 0.2) is 66.8 Å². The van der Waals surface area contributed by atoms with Crippen LogP contribution in [0.2, 0.25) is 0 Å². The summed E-state index contributed by atoms with van der Waals surface area (Å²) in [6.45, 7) is 5.41. The van der Waals surface area contributed by atoms with Gasteiger partial charge >= 0.3 is 11.9 Å². The van der Waals surface area contributed by atoms with Crippen molar-refractivity contribution in [1.82, 2.24) is 4.90 Å². The number of amides is 1. The van der Waals surface area contributed by atoms with E-state index in [1.807, 2.05) is 5.92 Å². The fourth-order valence-electron chi connectivity index (χ4n) is 2.73. The summed E-state index contributed by atoms with van der Waals surface area (Å²) in [5, 5.41) is 16.0. The van der Waals surface area contributed by atoms with E-state index in [4.69, 9.17) is 21.0 Å². The summed E-state index contributed by atoms with van der Waals surface area (Å²) in [6.07, 6.45) is 3.18.